The van der Waals surface area contributed by atoms with E-state index in [2.05, 4.69) is 33.9 Å². The number of carbonyl (C=O) groups excluding carboxylic acids is 2. The topological polar surface area (TPSA) is 52.6 Å². The highest BCUT2D eigenvalue weighted by Gasteiger charge is 2.41. The van der Waals surface area contributed by atoms with Crippen molar-refractivity contribution in [1.82, 2.24) is 0 Å². The lowest BCUT2D eigenvalue weighted by atomic mass is 10.1. The van der Waals surface area contributed by atoms with E-state index in [0.717, 1.165) is 6.29 Å². The molecule has 0 spiro atoms. The van der Waals surface area contributed by atoms with Gasteiger partial charge in [-0.15, -0.1) is 0 Å². The van der Waals surface area contributed by atoms with Gasteiger partial charge in [-0.25, -0.2) is 4.79 Å². The molecule has 0 aliphatic heterocycles. The number of rotatable bonds is 6. The number of carbonyl (C=O) groups is 2. The van der Waals surface area contributed by atoms with E-state index in [4.69, 9.17) is 9.16 Å². The Balaban J connectivity index is 4.98. The van der Waals surface area contributed by atoms with Crippen molar-refractivity contribution >= 4 is 20.6 Å². The van der Waals surface area contributed by atoms with Crippen LogP contribution in [0.15, 0.2) is 0 Å². The van der Waals surface area contributed by atoms with E-state index in [-0.39, 0.29) is 11.0 Å². The summed E-state index contributed by atoms with van der Waals surface area (Å²) >= 11 is 0. The lowest BCUT2D eigenvalue weighted by molar-refractivity contribution is -0.164. The van der Waals surface area contributed by atoms with Crippen LogP contribution < -0.4 is 0 Å². The van der Waals surface area contributed by atoms with Crippen molar-refractivity contribution < 1.29 is 18.8 Å². The van der Waals surface area contributed by atoms with E-state index < -0.39 is 20.0 Å². The summed E-state index contributed by atoms with van der Waals surface area (Å²) in [7, 11) is -2.07. The maximum atomic E-state index is 12.2. The minimum atomic E-state index is -2.07. The normalized spacial score (nSPS) is 14.8. The fourth-order valence-corrected chi connectivity index (χ4v) is 2.62. The van der Waals surface area contributed by atoms with Crippen LogP contribution in [0.3, 0.4) is 0 Å². The van der Waals surface area contributed by atoms with Crippen molar-refractivity contribution in [2.75, 3.05) is 0 Å². The van der Waals surface area contributed by atoms with Crippen LogP contribution in [-0.2, 0) is 18.8 Å². The summed E-state index contributed by atoms with van der Waals surface area (Å²) in [6, 6.07) is 0. The molecule has 0 saturated heterocycles. The Morgan fingerprint density at radius 1 is 1.15 bits per heavy atom. The Labute approximate surface area is 124 Å². The van der Waals surface area contributed by atoms with Crippen LogP contribution >= 0.6 is 0 Å². The van der Waals surface area contributed by atoms with Gasteiger partial charge in [-0.1, -0.05) is 20.8 Å². The molecule has 0 aliphatic carbocycles. The van der Waals surface area contributed by atoms with Crippen molar-refractivity contribution in [2.24, 2.45) is 0 Å². The van der Waals surface area contributed by atoms with Crippen LogP contribution in [0.5, 0.6) is 0 Å². The molecule has 0 amide bonds. The number of hydrogen-bond donors (Lipinski definition) is 0. The van der Waals surface area contributed by atoms with Crippen molar-refractivity contribution in [3.63, 3.8) is 0 Å². The molecule has 1 unspecified atom stereocenters. The first-order valence-corrected chi connectivity index (χ1v) is 10.1. The average molecular weight is 302 g/mol. The molecule has 0 aromatic rings. The van der Waals surface area contributed by atoms with Gasteiger partial charge in [-0.05, 0) is 45.3 Å². The number of aldehydes is 1. The molecule has 0 N–H and O–H groups in total. The molecule has 0 aliphatic rings. The standard InChI is InChI=1S/C15H30O4Si/c1-14(2,3)18-13(17)12(10-9-11-16)19-20(7,8)15(4,5)6/h11-12H,9-10H2,1-8H3. The first kappa shape index (κ1) is 19.3. The molecule has 0 radical (unpaired) electrons. The summed E-state index contributed by atoms with van der Waals surface area (Å²) in [4.78, 5) is 22.8. The van der Waals surface area contributed by atoms with Crippen LogP contribution in [0.4, 0.5) is 0 Å². The van der Waals surface area contributed by atoms with Gasteiger partial charge in [-0.2, -0.15) is 0 Å². The van der Waals surface area contributed by atoms with Gasteiger partial charge in [0.25, 0.3) is 0 Å². The van der Waals surface area contributed by atoms with Crippen LogP contribution in [0, 0.1) is 0 Å². The Bertz CT molecular complexity index is 337. The molecule has 0 aromatic carbocycles. The van der Waals surface area contributed by atoms with E-state index in [0.29, 0.717) is 12.8 Å². The molecule has 118 valence electrons. The molecule has 5 heteroatoms. The zero-order valence-corrected chi connectivity index (χ0v) is 15.2. The van der Waals surface area contributed by atoms with Gasteiger partial charge in [-0.3, -0.25) is 0 Å². The van der Waals surface area contributed by atoms with E-state index in [1.807, 2.05) is 20.8 Å². The third kappa shape index (κ3) is 6.66. The second-order valence-corrected chi connectivity index (χ2v) is 12.4. The molecular weight excluding hydrogens is 272 g/mol. The van der Waals surface area contributed by atoms with E-state index in [1.54, 1.807) is 0 Å². The van der Waals surface area contributed by atoms with E-state index >= 15 is 0 Å². The SMILES string of the molecule is CC(C)(C)OC(=O)C(CCC=O)O[Si](C)(C)C(C)(C)C. The van der Waals surface area contributed by atoms with E-state index in [1.165, 1.54) is 0 Å². The maximum Gasteiger partial charge on any atom is 0.334 e. The zero-order chi connectivity index (χ0) is 16.2. The summed E-state index contributed by atoms with van der Waals surface area (Å²) in [5.74, 6) is -0.371. The van der Waals surface area contributed by atoms with Crippen molar-refractivity contribution in [3.8, 4) is 0 Å². The van der Waals surface area contributed by atoms with Crippen LogP contribution in [-0.4, -0.2) is 32.3 Å². The Morgan fingerprint density at radius 3 is 2.00 bits per heavy atom. The Hall–Kier alpha value is -0.683. The van der Waals surface area contributed by atoms with Gasteiger partial charge < -0.3 is 14.0 Å². The predicted molar refractivity (Wildman–Crippen MR) is 83.2 cm³/mol. The lowest BCUT2D eigenvalue weighted by Crippen LogP contribution is -2.47. The fourth-order valence-electron chi connectivity index (χ4n) is 1.34. The minimum absolute atomic E-state index is 0.00837. The van der Waals surface area contributed by atoms with Crippen molar-refractivity contribution in [2.45, 2.75) is 84.2 Å². The maximum absolute atomic E-state index is 12.2. The van der Waals surface area contributed by atoms with Gasteiger partial charge >= 0.3 is 5.97 Å². The van der Waals surface area contributed by atoms with Crippen LogP contribution in [0.1, 0.15) is 54.4 Å². The minimum Gasteiger partial charge on any atom is -0.458 e. The van der Waals surface area contributed by atoms with Gasteiger partial charge in [0.05, 0.1) is 0 Å². The molecule has 20 heavy (non-hydrogen) atoms. The van der Waals surface area contributed by atoms with E-state index in [9.17, 15) is 9.59 Å². The third-order valence-electron chi connectivity index (χ3n) is 3.46. The molecule has 1 atom stereocenters. The number of ether oxygens (including phenoxy) is 1. The molecule has 0 rings (SSSR count). The average Bonchev–Trinajstić information content (AvgIpc) is 2.19. The Morgan fingerprint density at radius 2 is 1.65 bits per heavy atom. The second kappa shape index (κ2) is 6.85. The van der Waals surface area contributed by atoms with Crippen LogP contribution in [0.25, 0.3) is 0 Å². The monoisotopic (exact) mass is 302 g/mol. The number of hydrogen-bond acceptors (Lipinski definition) is 4. The second-order valence-electron chi connectivity index (χ2n) is 7.64. The summed E-state index contributed by atoms with van der Waals surface area (Å²) in [6.07, 6.45) is 0.843. The molecular formula is C15H30O4Si. The predicted octanol–water partition coefficient (Wildman–Crippen LogP) is 3.70. The smallest absolute Gasteiger partial charge is 0.334 e. The highest BCUT2D eigenvalue weighted by molar-refractivity contribution is 6.74. The van der Waals surface area contributed by atoms with Gasteiger partial charge in [0.15, 0.2) is 8.32 Å². The largest absolute Gasteiger partial charge is 0.458 e. The quantitative estimate of drug-likeness (QED) is 0.426. The van der Waals surface area contributed by atoms with Gasteiger partial charge in [0, 0.05) is 6.42 Å². The fraction of sp³-hybridized carbons (Fsp3) is 0.867. The molecule has 0 fully saturated rings. The molecule has 0 heterocycles. The van der Waals surface area contributed by atoms with Crippen molar-refractivity contribution in [3.05, 3.63) is 0 Å². The molecule has 0 bridgehead atoms. The summed E-state index contributed by atoms with van der Waals surface area (Å²) in [5.41, 5.74) is -0.548. The summed E-state index contributed by atoms with van der Waals surface area (Å²) in [6.45, 7) is 16.0. The van der Waals surface area contributed by atoms with Crippen LogP contribution in [0.2, 0.25) is 18.1 Å². The summed E-state index contributed by atoms with van der Waals surface area (Å²) in [5, 5.41) is 0.00837. The molecule has 0 aromatic heterocycles. The Kier molecular flexibility index (Phi) is 6.62. The number of esters is 1. The van der Waals surface area contributed by atoms with Gasteiger partial charge in [0.1, 0.15) is 18.0 Å². The zero-order valence-electron chi connectivity index (χ0n) is 14.2. The molecule has 0 saturated carbocycles. The highest BCUT2D eigenvalue weighted by atomic mass is 28.4. The molecule has 4 nitrogen and oxygen atoms in total. The van der Waals surface area contributed by atoms with Crippen molar-refractivity contribution in [1.29, 1.82) is 0 Å². The first-order valence-electron chi connectivity index (χ1n) is 7.14. The highest BCUT2D eigenvalue weighted by Crippen LogP contribution is 2.38. The lowest BCUT2D eigenvalue weighted by Gasteiger charge is -2.39. The van der Waals surface area contributed by atoms with Gasteiger partial charge in [0.2, 0.25) is 0 Å². The first-order chi connectivity index (χ1) is 8.80. The summed E-state index contributed by atoms with van der Waals surface area (Å²) < 4.78 is 11.5. The third-order valence-corrected chi connectivity index (χ3v) is 7.95.